The van der Waals surface area contributed by atoms with Gasteiger partial charge in [-0.1, -0.05) is 23.7 Å². The topological polar surface area (TPSA) is 93.5 Å². The third-order valence-electron chi connectivity index (χ3n) is 4.41. The normalized spacial score (nSPS) is 11.7. The Morgan fingerprint density at radius 3 is 2.70 bits per heavy atom. The van der Waals surface area contributed by atoms with E-state index < -0.39 is 9.84 Å². The zero-order valence-corrected chi connectivity index (χ0v) is 19.3. The van der Waals surface area contributed by atoms with Gasteiger partial charge in [-0.2, -0.15) is 0 Å². The van der Waals surface area contributed by atoms with Crippen LogP contribution < -0.4 is 5.32 Å². The Kier molecular flexibility index (Phi) is 8.69. The molecule has 166 valence electrons. The largest absolute Gasteiger partial charge is 0.383 e. The molecule has 0 aliphatic carbocycles. The molecule has 0 spiro atoms. The van der Waals surface area contributed by atoms with Crippen LogP contribution in [0.3, 0.4) is 0 Å². The summed E-state index contributed by atoms with van der Waals surface area (Å²) in [6.07, 6.45) is 1.52. The molecule has 10 heteroatoms. The van der Waals surface area contributed by atoms with Crippen LogP contribution in [0.5, 0.6) is 0 Å². The maximum Gasteiger partial charge on any atom is 0.317 e. The number of aromatic nitrogens is 2. The second kappa shape index (κ2) is 10.8. The summed E-state index contributed by atoms with van der Waals surface area (Å²) in [5.41, 5.74) is 1.23. The van der Waals surface area contributed by atoms with E-state index in [1.165, 1.54) is 6.20 Å². The first-order valence-electron chi connectivity index (χ1n) is 9.74. The second-order valence-electron chi connectivity index (χ2n) is 7.13. The van der Waals surface area contributed by atoms with Crippen LogP contribution in [0.15, 0.2) is 35.6 Å². The van der Waals surface area contributed by atoms with Gasteiger partial charge in [-0.05, 0) is 38.5 Å². The molecule has 0 saturated carbocycles. The number of benzene rings is 1. The number of nitrogens with zero attached hydrogens (tertiary/aromatic N) is 3. The zero-order valence-electron chi connectivity index (χ0n) is 17.8. The molecule has 0 aliphatic rings. The van der Waals surface area contributed by atoms with E-state index in [2.05, 4.69) is 10.3 Å². The van der Waals surface area contributed by atoms with Crippen molar-refractivity contribution in [3.05, 3.63) is 46.7 Å². The minimum Gasteiger partial charge on any atom is -0.383 e. The Balaban J connectivity index is 2.36. The predicted molar refractivity (Wildman–Crippen MR) is 116 cm³/mol. The van der Waals surface area contributed by atoms with E-state index in [4.69, 9.17) is 16.3 Å². The Labute approximate surface area is 183 Å². The van der Waals surface area contributed by atoms with Gasteiger partial charge in [0.15, 0.2) is 0 Å². The Morgan fingerprint density at radius 1 is 1.37 bits per heavy atom. The predicted octanol–water partition coefficient (Wildman–Crippen LogP) is 3.27. The number of carbonyl (C=O) groups excluding carboxylic acids is 1. The van der Waals surface area contributed by atoms with E-state index in [1.54, 1.807) is 40.8 Å². The lowest BCUT2D eigenvalue weighted by Gasteiger charge is -2.24. The quantitative estimate of drug-likeness (QED) is 0.592. The van der Waals surface area contributed by atoms with Crippen molar-refractivity contribution in [2.24, 2.45) is 0 Å². The molecule has 1 aromatic carbocycles. The number of ether oxygens (including phenoxy) is 1. The molecule has 1 heterocycles. The van der Waals surface area contributed by atoms with Gasteiger partial charge in [0, 0.05) is 31.3 Å². The van der Waals surface area contributed by atoms with Gasteiger partial charge in [0.05, 0.1) is 30.8 Å². The average Bonchev–Trinajstić information content (AvgIpc) is 3.10. The Bertz CT molecular complexity index is 959. The molecule has 2 amide bonds. The summed E-state index contributed by atoms with van der Waals surface area (Å²) in [6.45, 7) is 7.05. The minimum absolute atomic E-state index is 0.0185. The maximum atomic E-state index is 13.1. The molecular formula is C20H29ClN4O4S. The molecule has 0 radical (unpaired) electrons. The van der Waals surface area contributed by atoms with Crippen LogP contribution >= 0.6 is 11.6 Å². The second-order valence-corrected chi connectivity index (χ2v) is 9.45. The van der Waals surface area contributed by atoms with Gasteiger partial charge in [-0.3, -0.25) is 0 Å². The van der Waals surface area contributed by atoms with E-state index in [9.17, 15) is 13.2 Å². The fourth-order valence-corrected chi connectivity index (χ4v) is 4.90. The van der Waals surface area contributed by atoms with Crippen LogP contribution in [-0.4, -0.2) is 55.7 Å². The van der Waals surface area contributed by atoms with Crippen LogP contribution in [0.25, 0.3) is 0 Å². The highest BCUT2D eigenvalue weighted by Crippen LogP contribution is 2.23. The van der Waals surface area contributed by atoms with Gasteiger partial charge in [0.1, 0.15) is 0 Å². The van der Waals surface area contributed by atoms with Crippen molar-refractivity contribution in [1.29, 1.82) is 0 Å². The Hall–Kier alpha value is -2.10. The Morgan fingerprint density at radius 2 is 2.10 bits per heavy atom. The first kappa shape index (κ1) is 24.2. The molecule has 0 atom stereocenters. The van der Waals surface area contributed by atoms with Crippen molar-refractivity contribution in [3.63, 3.8) is 0 Å². The molecule has 0 fully saturated rings. The number of urea groups is 1. The van der Waals surface area contributed by atoms with E-state index in [0.29, 0.717) is 36.0 Å². The molecule has 0 bridgehead atoms. The van der Waals surface area contributed by atoms with Crippen molar-refractivity contribution in [3.8, 4) is 0 Å². The summed E-state index contributed by atoms with van der Waals surface area (Å²) >= 11 is 5.99. The number of methoxy groups -OCH3 is 1. The molecule has 0 aliphatic heterocycles. The summed E-state index contributed by atoms with van der Waals surface area (Å²) in [4.78, 5) is 18.2. The van der Waals surface area contributed by atoms with Crippen LogP contribution in [0.4, 0.5) is 4.79 Å². The number of imidazole rings is 1. The highest BCUT2D eigenvalue weighted by Gasteiger charge is 2.26. The lowest BCUT2D eigenvalue weighted by molar-refractivity contribution is 0.145. The van der Waals surface area contributed by atoms with Crippen molar-refractivity contribution in [1.82, 2.24) is 19.8 Å². The third-order valence-corrected chi connectivity index (χ3v) is 6.22. The average molecular weight is 457 g/mol. The lowest BCUT2D eigenvalue weighted by atomic mass is 10.2. The molecular weight excluding hydrogens is 428 g/mol. The number of sulfone groups is 1. The highest BCUT2D eigenvalue weighted by atomic mass is 35.5. The van der Waals surface area contributed by atoms with E-state index >= 15 is 0 Å². The number of carbonyl (C=O) groups is 1. The molecule has 2 aromatic rings. The van der Waals surface area contributed by atoms with Gasteiger partial charge >= 0.3 is 6.03 Å². The summed E-state index contributed by atoms with van der Waals surface area (Å²) in [5.74, 6) is -0.208. The maximum absolute atomic E-state index is 13.1. The van der Waals surface area contributed by atoms with Gasteiger partial charge in [-0.25, -0.2) is 18.2 Å². The fraction of sp³-hybridized carbons (Fsp3) is 0.500. The van der Waals surface area contributed by atoms with Crippen molar-refractivity contribution < 1.29 is 17.9 Å². The molecule has 1 aromatic heterocycles. The summed E-state index contributed by atoms with van der Waals surface area (Å²) < 4.78 is 33.0. The molecule has 30 heavy (non-hydrogen) atoms. The van der Waals surface area contributed by atoms with Gasteiger partial charge in [-0.15, -0.1) is 0 Å². The number of halogens is 1. The fourth-order valence-electron chi connectivity index (χ4n) is 3.10. The van der Waals surface area contributed by atoms with Gasteiger partial charge in [0.2, 0.25) is 15.0 Å². The molecule has 1 N–H and O–H groups in total. The van der Waals surface area contributed by atoms with Crippen molar-refractivity contribution in [2.45, 2.75) is 44.3 Å². The highest BCUT2D eigenvalue weighted by molar-refractivity contribution is 7.90. The summed E-state index contributed by atoms with van der Waals surface area (Å²) in [6, 6.07) is 6.35. The van der Waals surface area contributed by atoms with Crippen LogP contribution in [-0.2, 0) is 26.9 Å². The van der Waals surface area contributed by atoms with Crippen LogP contribution in [0.2, 0.25) is 5.02 Å². The number of hydrogen-bond acceptors (Lipinski definition) is 5. The first-order chi connectivity index (χ1) is 14.2. The van der Waals surface area contributed by atoms with Crippen molar-refractivity contribution in [2.75, 3.05) is 26.8 Å². The standard InChI is InChI=1S/C20H29ClN4O4S/c1-5-22-19(26)24(9-10-29-4)13-18-12-23-20(25(18)15(2)3)30(27,28)14-16-7-6-8-17(21)11-16/h6-8,11-12,15H,5,9-10,13-14H2,1-4H3,(H,22,26). The molecule has 2 rings (SSSR count). The first-order valence-corrected chi connectivity index (χ1v) is 11.8. The summed E-state index contributed by atoms with van der Waals surface area (Å²) in [7, 11) is -2.15. The van der Waals surface area contributed by atoms with Gasteiger partial charge in [0.25, 0.3) is 0 Å². The van der Waals surface area contributed by atoms with Crippen molar-refractivity contribution >= 4 is 27.5 Å². The smallest absolute Gasteiger partial charge is 0.317 e. The number of hydrogen-bond donors (Lipinski definition) is 1. The molecule has 0 saturated heterocycles. The zero-order chi connectivity index (χ0) is 22.3. The number of rotatable bonds is 10. The van der Waals surface area contributed by atoms with Gasteiger partial charge < -0.3 is 19.5 Å². The van der Waals surface area contributed by atoms with Crippen LogP contribution in [0.1, 0.15) is 38.1 Å². The third kappa shape index (κ3) is 6.20. The molecule has 8 nitrogen and oxygen atoms in total. The number of amides is 2. The lowest BCUT2D eigenvalue weighted by Crippen LogP contribution is -2.41. The summed E-state index contributed by atoms with van der Waals surface area (Å²) in [5, 5.41) is 3.23. The van der Waals surface area contributed by atoms with E-state index in [0.717, 1.165) is 0 Å². The molecule has 0 unspecified atom stereocenters. The van der Waals surface area contributed by atoms with E-state index in [1.807, 2.05) is 20.8 Å². The SMILES string of the molecule is CCNC(=O)N(CCOC)Cc1cnc(S(=O)(=O)Cc2cccc(Cl)c2)n1C(C)C. The minimum atomic E-state index is -3.72. The number of nitrogens with one attached hydrogen (secondary N) is 1. The van der Waals surface area contributed by atoms with E-state index in [-0.39, 0.29) is 29.5 Å². The van der Waals surface area contributed by atoms with Crippen LogP contribution in [0, 0.1) is 0 Å². The monoisotopic (exact) mass is 456 g/mol.